The molecule has 0 aliphatic carbocycles. The summed E-state index contributed by atoms with van der Waals surface area (Å²) in [6, 6.07) is 0. The Labute approximate surface area is 93.9 Å². The number of esters is 1. The van der Waals surface area contributed by atoms with Crippen molar-refractivity contribution in [1.82, 2.24) is 9.97 Å². The molecular weight excluding hydrogens is 208 g/mol. The molecule has 0 fully saturated rings. The van der Waals surface area contributed by atoms with Gasteiger partial charge in [-0.05, 0) is 6.42 Å². The van der Waals surface area contributed by atoms with Crippen LogP contribution in [0.1, 0.15) is 36.7 Å². The number of rotatable bonds is 6. The van der Waals surface area contributed by atoms with Crippen LogP contribution in [0.3, 0.4) is 0 Å². The van der Waals surface area contributed by atoms with Gasteiger partial charge < -0.3 is 4.74 Å². The molecule has 0 amide bonds. The monoisotopic (exact) mass is 222 g/mol. The van der Waals surface area contributed by atoms with Crippen LogP contribution in [0.25, 0.3) is 0 Å². The molecule has 0 unspecified atom stereocenters. The first-order chi connectivity index (χ1) is 7.74. The van der Waals surface area contributed by atoms with Crippen molar-refractivity contribution in [3.05, 3.63) is 24.3 Å². The van der Waals surface area contributed by atoms with Gasteiger partial charge in [0.15, 0.2) is 5.78 Å². The minimum absolute atomic E-state index is 0.190. The minimum atomic E-state index is -0.510. The zero-order valence-electron chi connectivity index (χ0n) is 9.18. The van der Waals surface area contributed by atoms with Crippen LogP contribution in [-0.2, 0) is 9.53 Å². The van der Waals surface area contributed by atoms with Gasteiger partial charge in [0.2, 0.25) is 0 Å². The summed E-state index contributed by atoms with van der Waals surface area (Å²) in [5, 5.41) is 0. The van der Waals surface area contributed by atoms with Crippen molar-refractivity contribution < 1.29 is 14.3 Å². The highest BCUT2D eigenvalue weighted by molar-refractivity contribution is 6.04. The molecule has 0 aromatic carbocycles. The molecule has 0 aliphatic heterocycles. The lowest BCUT2D eigenvalue weighted by Gasteiger charge is -2.02. The predicted molar refractivity (Wildman–Crippen MR) is 56.8 cm³/mol. The standard InChI is InChI=1S/C11H14N2O3/c1-2-3-6-16-11(15)7-10(14)9-8-12-4-5-13-9/h4-5,8H,2-3,6-7H2,1H3. The molecule has 5 heteroatoms. The average Bonchev–Trinajstić information content (AvgIpc) is 2.30. The molecule has 16 heavy (non-hydrogen) atoms. The van der Waals surface area contributed by atoms with Crippen molar-refractivity contribution in [3.8, 4) is 0 Å². The lowest BCUT2D eigenvalue weighted by Crippen LogP contribution is -2.13. The van der Waals surface area contributed by atoms with Crippen LogP contribution in [0.5, 0.6) is 0 Å². The number of nitrogens with zero attached hydrogens (tertiary/aromatic N) is 2. The molecule has 1 rings (SSSR count). The van der Waals surface area contributed by atoms with Crippen LogP contribution in [0, 0.1) is 0 Å². The van der Waals surface area contributed by atoms with Gasteiger partial charge in [0, 0.05) is 12.4 Å². The second kappa shape index (κ2) is 6.66. The van der Waals surface area contributed by atoms with E-state index < -0.39 is 5.97 Å². The van der Waals surface area contributed by atoms with E-state index in [-0.39, 0.29) is 17.9 Å². The molecule has 0 saturated carbocycles. The summed E-state index contributed by atoms with van der Waals surface area (Å²) in [4.78, 5) is 30.3. The fourth-order valence-corrected chi connectivity index (χ4v) is 1.05. The van der Waals surface area contributed by atoms with Crippen LogP contribution in [0.2, 0.25) is 0 Å². The van der Waals surface area contributed by atoms with Gasteiger partial charge in [0.1, 0.15) is 12.1 Å². The van der Waals surface area contributed by atoms with E-state index in [9.17, 15) is 9.59 Å². The first-order valence-electron chi connectivity index (χ1n) is 5.19. The molecular formula is C11H14N2O3. The number of aromatic nitrogens is 2. The van der Waals surface area contributed by atoms with Crippen LogP contribution < -0.4 is 0 Å². The lowest BCUT2D eigenvalue weighted by molar-refractivity contribution is -0.142. The van der Waals surface area contributed by atoms with Crippen molar-refractivity contribution in [3.63, 3.8) is 0 Å². The van der Waals surface area contributed by atoms with E-state index >= 15 is 0 Å². The zero-order valence-corrected chi connectivity index (χ0v) is 9.18. The third-order valence-electron chi connectivity index (χ3n) is 1.91. The Bertz CT molecular complexity index is 352. The molecule has 0 bridgehead atoms. The number of Topliss-reactive ketones (excluding diaryl/α,β-unsaturated/α-hetero) is 1. The summed E-state index contributed by atoms with van der Waals surface area (Å²) in [7, 11) is 0. The zero-order chi connectivity index (χ0) is 11.8. The molecule has 1 aromatic heterocycles. The van der Waals surface area contributed by atoms with Gasteiger partial charge in [0.05, 0.1) is 12.8 Å². The van der Waals surface area contributed by atoms with Crippen LogP contribution >= 0.6 is 0 Å². The Balaban J connectivity index is 2.37. The Hall–Kier alpha value is -1.78. The third kappa shape index (κ3) is 4.16. The molecule has 0 atom stereocenters. The van der Waals surface area contributed by atoms with Gasteiger partial charge in [-0.2, -0.15) is 0 Å². The topological polar surface area (TPSA) is 69.2 Å². The number of carbonyl (C=O) groups is 2. The Morgan fingerprint density at radius 3 is 2.81 bits per heavy atom. The Morgan fingerprint density at radius 1 is 1.38 bits per heavy atom. The van der Waals surface area contributed by atoms with Gasteiger partial charge in [-0.15, -0.1) is 0 Å². The van der Waals surface area contributed by atoms with Gasteiger partial charge in [0.25, 0.3) is 0 Å². The fourth-order valence-electron chi connectivity index (χ4n) is 1.05. The van der Waals surface area contributed by atoms with E-state index in [0.717, 1.165) is 12.8 Å². The second-order valence-electron chi connectivity index (χ2n) is 3.26. The Morgan fingerprint density at radius 2 is 2.19 bits per heavy atom. The van der Waals surface area contributed by atoms with E-state index in [1.807, 2.05) is 6.92 Å². The number of ether oxygens (including phenoxy) is 1. The third-order valence-corrected chi connectivity index (χ3v) is 1.91. The number of unbranched alkanes of at least 4 members (excludes halogenated alkanes) is 1. The molecule has 0 N–H and O–H groups in total. The van der Waals surface area contributed by atoms with Crippen molar-refractivity contribution in [1.29, 1.82) is 0 Å². The van der Waals surface area contributed by atoms with E-state index in [1.165, 1.54) is 18.6 Å². The first-order valence-corrected chi connectivity index (χ1v) is 5.19. The summed E-state index contributed by atoms with van der Waals surface area (Å²) in [6.07, 6.45) is 5.70. The van der Waals surface area contributed by atoms with Crippen LogP contribution in [-0.4, -0.2) is 28.3 Å². The minimum Gasteiger partial charge on any atom is -0.465 e. The normalized spacial score (nSPS) is 9.81. The number of hydrogen-bond acceptors (Lipinski definition) is 5. The lowest BCUT2D eigenvalue weighted by atomic mass is 10.2. The van der Waals surface area contributed by atoms with E-state index in [4.69, 9.17) is 4.74 Å². The molecule has 0 spiro atoms. The van der Waals surface area contributed by atoms with Crippen molar-refractivity contribution in [2.45, 2.75) is 26.2 Å². The van der Waals surface area contributed by atoms with Crippen LogP contribution in [0.15, 0.2) is 18.6 Å². The van der Waals surface area contributed by atoms with Gasteiger partial charge in [-0.25, -0.2) is 4.98 Å². The molecule has 1 heterocycles. The maximum Gasteiger partial charge on any atom is 0.313 e. The second-order valence-corrected chi connectivity index (χ2v) is 3.26. The molecule has 0 saturated heterocycles. The molecule has 86 valence electrons. The van der Waals surface area contributed by atoms with E-state index in [1.54, 1.807) is 0 Å². The predicted octanol–water partition coefficient (Wildman–Crippen LogP) is 1.39. The van der Waals surface area contributed by atoms with Gasteiger partial charge in [-0.1, -0.05) is 13.3 Å². The molecule has 0 radical (unpaired) electrons. The van der Waals surface area contributed by atoms with Crippen molar-refractivity contribution >= 4 is 11.8 Å². The fraction of sp³-hybridized carbons (Fsp3) is 0.455. The highest BCUT2D eigenvalue weighted by atomic mass is 16.5. The molecule has 1 aromatic rings. The van der Waals surface area contributed by atoms with Gasteiger partial charge >= 0.3 is 5.97 Å². The highest BCUT2D eigenvalue weighted by Gasteiger charge is 2.13. The molecule has 0 aliphatic rings. The Kier molecular flexibility index (Phi) is 5.11. The van der Waals surface area contributed by atoms with Crippen molar-refractivity contribution in [2.75, 3.05) is 6.61 Å². The first kappa shape index (κ1) is 12.3. The van der Waals surface area contributed by atoms with E-state index in [0.29, 0.717) is 6.61 Å². The summed E-state index contributed by atoms with van der Waals surface area (Å²) < 4.78 is 4.87. The number of carbonyl (C=O) groups excluding carboxylic acids is 2. The highest BCUT2D eigenvalue weighted by Crippen LogP contribution is 1.99. The average molecular weight is 222 g/mol. The van der Waals surface area contributed by atoms with Gasteiger partial charge in [-0.3, -0.25) is 14.6 Å². The van der Waals surface area contributed by atoms with Crippen molar-refractivity contribution in [2.24, 2.45) is 0 Å². The quantitative estimate of drug-likeness (QED) is 0.315. The maximum atomic E-state index is 11.5. The SMILES string of the molecule is CCCCOC(=O)CC(=O)c1cnccn1. The number of ketones is 1. The maximum absolute atomic E-state index is 11.5. The summed E-state index contributed by atoms with van der Waals surface area (Å²) >= 11 is 0. The summed E-state index contributed by atoms with van der Waals surface area (Å²) in [5.41, 5.74) is 0.190. The number of hydrogen-bond donors (Lipinski definition) is 0. The van der Waals surface area contributed by atoms with E-state index in [2.05, 4.69) is 9.97 Å². The summed E-state index contributed by atoms with van der Waals surface area (Å²) in [6.45, 7) is 2.36. The smallest absolute Gasteiger partial charge is 0.313 e. The summed E-state index contributed by atoms with van der Waals surface area (Å²) in [5.74, 6) is -0.876. The molecule has 5 nitrogen and oxygen atoms in total. The largest absolute Gasteiger partial charge is 0.465 e. The van der Waals surface area contributed by atoms with Crippen LogP contribution in [0.4, 0.5) is 0 Å².